The fraction of sp³-hybridized carbons (Fsp3) is 0.300. The Bertz CT molecular complexity index is 744. The number of benzene rings is 2. The topological polar surface area (TPSA) is 73.9 Å². The van der Waals surface area contributed by atoms with Crippen LogP contribution in [0.15, 0.2) is 48.5 Å². The molecule has 0 saturated carbocycles. The number of hydrogen-bond acceptors (Lipinski definition) is 5. The van der Waals surface area contributed by atoms with Gasteiger partial charge in [-0.3, -0.25) is 9.59 Å². The van der Waals surface area contributed by atoms with Crippen molar-refractivity contribution in [1.82, 2.24) is 5.32 Å². The molecule has 2 aromatic carbocycles. The molecule has 0 radical (unpaired) electrons. The molecule has 2 aromatic rings. The second kappa shape index (κ2) is 8.49. The standard InChI is InChI=1S/C20H21NO5/c1-24-12-6-11-21-18(22)13-25-20(23)19-14-7-2-4-9-16(14)26-17-10-5-3-8-15(17)19/h2-5,7-10,19H,6,11-13H2,1H3,(H,21,22). The first-order valence-corrected chi connectivity index (χ1v) is 8.48. The molecule has 3 rings (SSSR count). The number of hydrogen-bond donors (Lipinski definition) is 1. The van der Waals surface area contributed by atoms with Crippen molar-refractivity contribution in [3.63, 3.8) is 0 Å². The van der Waals surface area contributed by atoms with Gasteiger partial charge >= 0.3 is 5.97 Å². The zero-order valence-electron chi connectivity index (χ0n) is 14.6. The van der Waals surface area contributed by atoms with Gasteiger partial charge in [0.05, 0.1) is 0 Å². The first kappa shape index (κ1) is 17.9. The summed E-state index contributed by atoms with van der Waals surface area (Å²) in [4.78, 5) is 24.6. The van der Waals surface area contributed by atoms with E-state index in [2.05, 4.69) is 5.32 Å². The third kappa shape index (κ3) is 4.03. The van der Waals surface area contributed by atoms with E-state index in [0.717, 1.165) is 11.1 Å². The molecule has 6 nitrogen and oxygen atoms in total. The van der Waals surface area contributed by atoms with Gasteiger partial charge in [-0.25, -0.2) is 0 Å². The SMILES string of the molecule is COCCCNC(=O)COC(=O)C1c2ccccc2Oc2ccccc21. The highest BCUT2D eigenvalue weighted by Gasteiger charge is 2.33. The van der Waals surface area contributed by atoms with Gasteiger partial charge in [0.25, 0.3) is 5.91 Å². The zero-order valence-corrected chi connectivity index (χ0v) is 14.6. The molecule has 0 spiro atoms. The van der Waals surface area contributed by atoms with Crippen LogP contribution in [0.4, 0.5) is 0 Å². The average Bonchev–Trinajstić information content (AvgIpc) is 2.67. The van der Waals surface area contributed by atoms with Crippen molar-refractivity contribution in [3.05, 3.63) is 59.7 Å². The van der Waals surface area contributed by atoms with Gasteiger partial charge in [-0.15, -0.1) is 0 Å². The fourth-order valence-electron chi connectivity index (χ4n) is 2.88. The van der Waals surface area contributed by atoms with Crippen LogP contribution < -0.4 is 10.1 Å². The van der Waals surface area contributed by atoms with E-state index in [1.54, 1.807) is 7.11 Å². The predicted octanol–water partition coefficient (Wildman–Crippen LogP) is 2.62. The molecular formula is C20H21NO5. The van der Waals surface area contributed by atoms with Crippen molar-refractivity contribution in [2.45, 2.75) is 12.3 Å². The van der Waals surface area contributed by atoms with Crippen molar-refractivity contribution in [2.75, 3.05) is 26.9 Å². The Morgan fingerprint density at radius 3 is 2.27 bits per heavy atom. The minimum absolute atomic E-state index is 0.312. The number of amides is 1. The number of carbonyl (C=O) groups excluding carboxylic acids is 2. The quantitative estimate of drug-likeness (QED) is 0.610. The lowest BCUT2D eigenvalue weighted by Gasteiger charge is -2.26. The third-order valence-corrected chi connectivity index (χ3v) is 4.11. The maximum Gasteiger partial charge on any atom is 0.318 e. The summed E-state index contributed by atoms with van der Waals surface area (Å²) in [5.74, 6) is -0.171. The van der Waals surface area contributed by atoms with Gasteiger partial charge in [0.2, 0.25) is 0 Å². The van der Waals surface area contributed by atoms with Crippen LogP contribution >= 0.6 is 0 Å². The average molecular weight is 355 g/mol. The summed E-state index contributed by atoms with van der Waals surface area (Å²) in [5.41, 5.74) is 1.47. The number of carbonyl (C=O) groups is 2. The van der Waals surface area contributed by atoms with E-state index < -0.39 is 11.9 Å². The van der Waals surface area contributed by atoms with Crippen molar-refractivity contribution in [1.29, 1.82) is 0 Å². The van der Waals surface area contributed by atoms with E-state index in [-0.39, 0.29) is 12.5 Å². The minimum atomic E-state index is -0.613. The number of fused-ring (bicyclic) bond motifs is 2. The Morgan fingerprint density at radius 2 is 1.65 bits per heavy atom. The summed E-state index contributed by atoms with van der Waals surface area (Å²) >= 11 is 0. The smallest absolute Gasteiger partial charge is 0.318 e. The van der Waals surface area contributed by atoms with Crippen LogP contribution in [-0.2, 0) is 19.1 Å². The lowest BCUT2D eigenvalue weighted by Crippen LogP contribution is -2.31. The number of esters is 1. The van der Waals surface area contributed by atoms with E-state index in [0.29, 0.717) is 31.1 Å². The van der Waals surface area contributed by atoms with Crippen molar-refractivity contribution in [2.24, 2.45) is 0 Å². The van der Waals surface area contributed by atoms with Gasteiger partial charge in [0.1, 0.15) is 17.4 Å². The van der Waals surface area contributed by atoms with E-state index in [1.807, 2.05) is 48.5 Å². The van der Waals surface area contributed by atoms with Crippen molar-refractivity contribution < 1.29 is 23.8 Å². The first-order chi connectivity index (χ1) is 12.7. The maximum atomic E-state index is 12.7. The summed E-state index contributed by atoms with van der Waals surface area (Å²) in [6.45, 7) is 0.733. The predicted molar refractivity (Wildman–Crippen MR) is 95.3 cm³/mol. The Balaban J connectivity index is 1.68. The summed E-state index contributed by atoms with van der Waals surface area (Å²) in [6, 6.07) is 14.7. The molecule has 1 amide bonds. The molecular weight excluding hydrogens is 334 g/mol. The Hall–Kier alpha value is -2.86. The van der Waals surface area contributed by atoms with Crippen molar-refractivity contribution in [3.8, 4) is 11.5 Å². The number of nitrogens with one attached hydrogen (secondary N) is 1. The van der Waals surface area contributed by atoms with Gasteiger partial charge in [-0.2, -0.15) is 0 Å². The molecule has 1 heterocycles. The van der Waals surface area contributed by atoms with Crippen LogP contribution in [0.2, 0.25) is 0 Å². The third-order valence-electron chi connectivity index (χ3n) is 4.11. The number of para-hydroxylation sites is 2. The van der Waals surface area contributed by atoms with E-state index in [4.69, 9.17) is 14.2 Å². The molecule has 0 atom stereocenters. The molecule has 0 fully saturated rings. The van der Waals surface area contributed by atoms with Gasteiger partial charge in [0.15, 0.2) is 6.61 Å². The zero-order chi connectivity index (χ0) is 18.4. The number of rotatable bonds is 7. The van der Waals surface area contributed by atoms with Crippen LogP contribution in [0, 0.1) is 0 Å². The largest absolute Gasteiger partial charge is 0.457 e. The summed E-state index contributed by atoms with van der Waals surface area (Å²) in [6.07, 6.45) is 0.705. The fourth-order valence-corrected chi connectivity index (χ4v) is 2.88. The van der Waals surface area contributed by atoms with Gasteiger partial charge in [-0.05, 0) is 18.6 Å². The number of ether oxygens (including phenoxy) is 3. The molecule has 1 aliphatic heterocycles. The molecule has 1 aliphatic rings. The molecule has 0 saturated heterocycles. The van der Waals surface area contributed by atoms with Gasteiger partial charge in [-0.1, -0.05) is 36.4 Å². The first-order valence-electron chi connectivity index (χ1n) is 8.48. The second-order valence-corrected chi connectivity index (χ2v) is 5.91. The Morgan fingerprint density at radius 1 is 1.04 bits per heavy atom. The molecule has 0 bridgehead atoms. The molecule has 0 aromatic heterocycles. The van der Waals surface area contributed by atoms with Crippen LogP contribution in [0.3, 0.4) is 0 Å². The maximum absolute atomic E-state index is 12.7. The van der Waals surface area contributed by atoms with Gasteiger partial charge < -0.3 is 19.5 Å². The lowest BCUT2D eigenvalue weighted by atomic mass is 9.88. The summed E-state index contributed by atoms with van der Waals surface area (Å²) in [5, 5.41) is 2.69. The lowest BCUT2D eigenvalue weighted by molar-refractivity contribution is -0.149. The molecule has 6 heteroatoms. The Kier molecular flexibility index (Phi) is 5.86. The molecule has 0 aliphatic carbocycles. The monoisotopic (exact) mass is 355 g/mol. The van der Waals surface area contributed by atoms with E-state index in [9.17, 15) is 9.59 Å². The summed E-state index contributed by atoms with van der Waals surface area (Å²) < 4.78 is 16.1. The van der Waals surface area contributed by atoms with E-state index in [1.165, 1.54) is 0 Å². The van der Waals surface area contributed by atoms with E-state index >= 15 is 0 Å². The second-order valence-electron chi connectivity index (χ2n) is 5.91. The van der Waals surface area contributed by atoms with Gasteiger partial charge in [0, 0.05) is 31.4 Å². The van der Waals surface area contributed by atoms with Crippen LogP contribution in [0.1, 0.15) is 23.5 Å². The minimum Gasteiger partial charge on any atom is -0.457 e. The van der Waals surface area contributed by atoms with Crippen molar-refractivity contribution >= 4 is 11.9 Å². The molecule has 0 unspecified atom stereocenters. The number of methoxy groups -OCH3 is 1. The highest BCUT2D eigenvalue weighted by Crippen LogP contribution is 2.44. The van der Waals surface area contributed by atoms with Crippen LogP contribution in [-0.4, -0.2) is 38.7 Å². The molecule has 136 valence electrons. The summed E-state index contributed by atoms with van der Waals surface area (Å²) in [7, 11) is 1.60. The highest BCUT2D eigenvalue weighted by molar-refractivity contribution is 5.87. The highest BCUT2D eigenvalue weighted by atomic mass is 16.5. The Labute approximate surface area is 152 Å². The van der Waals surface area contributed by atoms with Crippen LogP contribution in [0.25, 0.3) is 0 Å². The normalized spacial score (nSPS) is 12.5. The van der Waals surface area contributed by atoms with Crippen LogP contribution in [0.5, 0.6) is 11.5 Å². The molecule has 1 N–H and O–H groups in total. The molecule has 26 heavy (non-hydrogen) atoms.